The minimum atomic E-state index is -0.130. The van der Waals surface area contributed by atoms with Crippen LogP contribution in [0.15, 0.2) is 18.2 Å². The number of rotatable bonds is 4. The first-order valence-corrected chi connectivity index (χ1v) is 7.22. The van der Waals surface area contributed by atoms with Gasteiger partial charge in [0.15, 0.2) is 0 Å². The lowest BCUT2D eigenvalue weighted by Gasteiger charge is -2.21. The van der Waals surface area contributed by atoms with E-state index in [4.69, 9.17) is 0 Å². The second-order valence-electron chi connectivity index (χ2n) is 7.02. The Bertz CT molecular complexity index is 442. The Labute approximate surface area is 116 Å². The predicted octanol–water partition coefficient (Wildman–Crippen LogP) is 4.47. The van der Waals surface area contributed by atoms with Crippen molar-refractivity contribution >= 4 is 0 Å². The molecule has 0 spiro atoms. The monoisotopic (exact) mass is 263 g/mol. The molecule has 0 heterocycles. The lowest BCUT2D eigenvalue weighted by molar-refractivity contribution is 0.416. The topological polar surface area (TPSA) is 12.0 Å². The molecule has 1 aliphatic carbocycles. The predicted molar refractivity (Wildman–Crippen MR) is 78.6 cm³/mol. The summed E-state index contributed by atoms with van der Waals surface area (Å²) < 4.78 is 13.7. The number of hydrogen-bond acceptors (Lipinski definition) is 1. The van der Waals surface area contributed by atoms with Gasteiger partial charge in [-0.15, -0.1) is 0 Å². The van der Waals surface area contributed by atoms with E-state index in [1.165, 1.54) is 0 Å². The molecule has 1 fully saturated rings. The third-order valence-electron chi connectivity index (χ3n) is 5.31. The fourth-order valence-electron chi connectivity index (χ4n) is 3.67. The van der Waals surface area contributed by atoms with E-state index in [2.05, 4.69) is 46.0 Å². The van der Waals surface area contributed by atoms with Crippen molar-refractivity contribution < 1.29 is 4.39 Å². The van der Waals surface area contributed by atoms with Crippen LogP contribution in [0.1, 0.15) is 51.8 Å². The fraction of sp³-hybridized carbons (Fsp3) is 0.647. The van der Waals surface area contributed by atoms with Gasteiger partial charge in [0.1, 0.15) is 5.82 Å². The first kappa shape index (κ1) is 14.5. The quantitative estimate of drug-likeness (QED) is 0.845. The van der Waals surface area contributed by atoms with Gasteiger partial charge < -0.3 is 5.32 Å². The molecule has 106 valence electrons. The molecule has 0 saturated heterocycles. The van der Waals surface area contributed by atoms with E-state index >= 15 is 0 Å². The van der Waals surface area contributed by atoms with Crippen LogP contribution in [-0.4, -0.2) is 6.54 Å². The van der Waals surface area contributed by atoms with Crippen LogP contribution in [0, 0.1) is 29.5 Å². The van der Waals surface area contributed by atoms with Crippen LogP contribution in [0.25, 0.3) is 0 Å². The second-order valence-corrected chi connectivity index (χ2v) is 7.02. The van der Waals surface area contributed by atoms with E-state index < -0.39 is 0 Å². The smallest absolute Gasteiger partial charge is 0.123 e. The summed E-state index contributed by atoms with van der Waals surface area (Å²) in [4.78, 5) is 0. The average Bonchev–Trinajstić information content (AvgIpc) is 2.65. The van der Waals surface area contributed by atoms with Crippen LogP contribution in [-0.2, 0) is 0 Å². The van der Waals surface area contributed by atoms with Crippen molar-refractivity contribution in [3.8, 4) is 0 Å². The van der Waals surface area contributed by atoms with Crippen LogP contribution < -0.4 is 5.32 Å². The fourth-order valence-corrected chi connectivity index (χ4v) is 3.67. The van der Waals surface area contributed by atoms with Crippen molar-refractivity contribution in [3.63, 3.8) is 0 Å². The maximum Gasteiger partial charge on any atom is 0.123 e. The molecule has 2 heteroatoms. The third kappa shape index (κ3) is 2.31. The summed E-state index contributed by atoms with van der Waals surface area (Å²) in [5.41, 5.74) is 2.66. The van der Waals surface area contributed by atoms with E-state index in [-0.39, 0.29) is 11.9 Å². The molecule has 1 nitrogen and oxygen atoms in total. The highest BCUT2D eigenvalue weighted by Gasteiger charge is 2.67. The van der Waals surface area contributed by atoms with Gasteiger partial charge in [0.25, 0.3) is 0 Å². The molecule has 19 heavy (non-hydrogen) atoms. The highest BCUT2D eigenvalue weighted by Crippen LogP contribution is 2.72. The molecule has 0 radical (unpaired) electrons. The van der Waals surface area contributed by atoms with Crippen LogP contribution in [0.5, 0.6) is 0 Å². The Morgan fingerprint density at radius 2 is 1.74 bits per heavy atom. The minimum absolute atomic E-state index is 0.130. The molecular formula is C17H26FN. The number of halogens is 1. The van der Waals surface area contributed by atoms with Gasteiger partial charge in [-0.1, -0.05) is 40.7 Å². The Kier molecular flexibility index (Phi) is 3.51. The minimum Gasteiger partial charge on any atom is -0.310 e. The Balaban J connectivity index is 2.37. The van der Waals surface area contributed by atoms with Crippen molar-refractivity contribution in [1.82, 2.24) is 5.32 Å². The van der Waals surface area contributed by atoms with Crippen molar-refractivity contribution in [2.75, 3.05) is 6.54 Å². The maximum absolute atomic E-state index is 13.7. The van der Waals surface area contributed by atoms with Crippen LogP contribution in [0.3, 0.4) is 0 Å². The summed E-state index contributed by atoms with van der Waals surface area (Å²) in [6.07, 6.45) is 0. The lowest BCUT2D eigenvalue weighted by atomic mass is 9.95. The molecule has 1 saturated carbocycles. The molecule has 1 aliphatic rings. The van der Waals surface area contributed by atoms with Crippen LogP contribution in [0.2, 0.25) is 0 Å². The lowest BCUT2D eigenvalue weighted by Crippen LogP contribution is -2.25. The summed E-state index contributed by atoms with van der Waals surface area (Å²) in [6, 6.07) is 5.63. The molecule has 1 atom stereocenters. The summed E-state index contributed by atoms with van der Waals surface area (Å²) >= 11 is 0. The standard InChI is InChI=1S/C17H26FN/c1-7-19-14(15-16(3,4)17(15,5)6)12-8-11(2)9-13(18)10-12/h8-10,14-15,19H,7H2,1-6H3. The van der Waals surface area contributed by atoms with Gasteiger partial charge in [0.2, 0.25) is 0 Å². The van der Waals surface area contributed by atoms with Crippen molar-refractivity contribution in [3.05, 3.63) is 35.1 Å². The summed E-state index contributed by atoms with van der Waals surface area (Å²) in [5, 5.41) is 3.56. The Morgan fingerprint density at radius 1 is 1.16 bits per heavy atom. The zero-order valence-electron chi connectivity index (χ0n) is 13.0. The first-order chi connectivity index (χ1) is 8.71. The summed E-state index contributed by atoms with van der Waals surface area (Å²) in [6.45, 7) is 14.2. The van der Waals surface area contributed by atoms with Crippen LogP contribution >= 0.6 is 0 Å². The molecule has 1 aromatic rings. The molecule has 0 aliphatic heterocycles. The third-order valence-corrected chi connectivity index (χ3v) is 5.31. The van der Waals surface area contributed by atoms with E-state index in [0.29, 0.717) is 16.7 Å². The highest BCUT2D eigenvalue weighted by molar-refractivity contribution is 5.31. The zero-order valence-corrected chi connectivity index (χ0v) is 13.0. The van der Waals surface area contributed by atoms with Crippen molar-refractivity contribution in [2.24, 2.45) is 16.7 Å². The maximum atomic E-state index is 13.7. The van der Waals surface area contributed by atoms with E-state index in [0.717, 1.165) is 17.7 Å². The van der Waals surface area contributed by atoms with Gasteiger partial charge in [0, 0.05) is 6.04 Å². The normalized spacial score (nSPS) is 22.3. The molecular weight excluding hydrogens is 237 g/mol. The van der Waals surface area contributed by atoms with Gasteiger partial charge in [-0.25, -0.2) is 4.39 Å². The van der Waals surface area contributed by atoms with Gasteiger partial charge in [-0.2, -0.15) is 0 Å². The SMILES string of the molecule is CCNC(c1cc(C)cc(F)c1)C1C(C)(C)C1(C)C. The number of nitrogens with one attached hydrogen (secondary N) is 1. The number of hydrogen-bond donors (Lipinski definition) is 1. The van der Waals surface area contributed by atoms with E-state index in [1.807, 2.05) is 6.92 Å². The zero-order chi connectivity index (χ0) is 14.4. The average molecular weight is 263 g/mol. The van der Waals surface area contributed by atoms with Gasteiger partial charge in [-0.05, 0) is 53.5 Å². The van der Waals surface area contributed by atoms with Gasteiger partial charge in [0.05, 0.1) is 0 Å². The molecule has 1 N–H and O–H groups in total. The summed E-state index contributed by atoms with van der Waals surface area (Å²) in [5.74, 6) is 0.412. The molecule has 0 aromatic heterocycles. The Hall–Kier alpha value is -0.890. The van der Waals surface area contributed by atoms with Gasteiger partial charge >= 0.3 is 0 Å². The largest absolute Gasteiger partial charge is 0.310 e. The van der Waals surface area contributed by atoms with Crippen molar-refractivity contribution in [1.29, 1.82) is 0 Å². The molecule has 1 unspecified atom stereocenters. The van der Waals surface area contributed by atoms with E-state index in [9.17, 15) is 4.39 Å². The molecule has 1 aromatic carbocycles. The van der Waals surface area contributed by atoms with E-state index in [1.54, 1.807) is 12.1 Å². The van der Waals surface area contributed by atoms with Gasteiger partial charge in [-0.3, -0.25) is 0 Å². The van der Waals surface area contributed by atoms with Crippen molar-refractivity contribution in [2.45, 2.75) is 47.6 Å². The molecule has 0 amide bonds. The molecule has 0 bridgehead atoms. The number of benzene rings is 1. The molecule has 2 rings (SSSR count). The van der Waals surface area contributed by atoms with Crippen LogP contribution in [0.4, 0.5) is 4.39 Å². The Morgan fingerprint density at radius 3 is 2.16 bits per heavy atom. The highest BCUT2D eigenvalue weighted by atomic mass is 19.1. The number of aryl methyl sites for hydroxylation is 1. The summed E-state index contributed by atoms with van der Waals surface area (Å²) in [7, 11) is 0. The second kappa shape index (κ2) is 4.59. The first-order valence-electron chi connectivity index (χ1n) is 7.22.